The Bertz CT molecular complexity index is 1060. The summed E-state index contributed by atoms with van der Waals surface area (Å²) in [5.41, 5.74) is 0.0851. The lowest BCUT2D eigenvalue weighted by Crippen LogP contribution is -2.48. The Kier molecular flexibility index (Phi) is 8.78. The van der Waals surface area contributed by atoms with Crippen LogP contribution in [0.15, 0.2) is 29.4 Å². The molecule has 0 radical (unpaired) electrons. The lowest BCUT2D eigenvalue weighted by atomic mass is 10.2. The SMILES string of the molecule is C[C@@H](Oc1cc(NS(=O)(=O)N2CCNCC2)nc(SCc2cccc(F)c2F)n1)[C@@H](O)CO. The fourth-order valence-corrected chi connectivity index (χ4v) is 4.87. The first-order chi connectivity index (χ1) is 15.7. The molecule has 2 heterocycles. The van der Waals surface area contributed by atoms with Crippen LogP contribution in [-0.2, 0) is 16.0 Å². The molecule has 1 saturated heterocycles. The van der Waals surface area contributed by atoms with Crippen LogP contribution < -0.4 is 14.8 Å². The van der Waals surface area contributed by atoms with Crippen molar-refractivity contribution in [2.24, 2.45) is 0 Å². The minimum atomic E-state index is -3.91. The number of aliphatic hydroxyl groups is 2. The molecule has 0 unspecified atom stereocenters. The quantitative estimate of drug-likeness (QED) is 0.272. The van der Waals surface area contributed by atoms with Crippen LogP contribution in [0.2, 0.25) is 0 Å². The number of nitrogens with zero attached hydrogens (tertiary/aromatic N) is 3. The van der Waals surface area contributed by atoms with Gasteiger partial charge in [-0.1, -0.05) is 23.9 Å². The van der Waals surface area contributed by atoms with Crippen molar-refractivity contribution in [3.63, 3.8) is 0 Å². The van der Waals surface area contributed by atoms with Gasteiger partial charge in [-0.3, -0.25) is 4.72 Å². The van der Waals surface area contributed by atoms with Gasteiger partial charge in [-0.05, 0) is 13.0 Å². The van der Waals surface area contributed by atoms with Crippen molar-refractivity contribution in [1.29, 1.82) is 0 Å². The maximum Gasteiger partial charge on any atom is 0.302 e. The molecule has 2 aromatic rings. The molecule has 10 nitrogen and oxygen atoms in total. The Morgan fingerprint density at radius 3 is 2.73 bits per heavy atom. The molecule has 2 atom stereocenters. The minimum Gasteiger partial charge on any atom is -0.472 e. The number of benzene rings is 1. The van der Waals surface area contributed by atoms with Crippen LogP contribution in [0, 0.1) is 11.6 Å². The highest BCUT2D eigenvalue weighted by molar-refractivity contribution is 7.98. The van der Waals surface area contributed by atoms with Crippen molar-refractivity contribution in [2.75, 3.05) is 37.5 Å². The van der Waals surface area contributed by atoms with Crippen LogP contribution in [-0.4, -0.2) is 77.9 Å². The Hall–Kier alpha value is -2.10. The van der Waals surface area contributed by atoms with Crippen molar-refractivity contribution in [3.05, 3.63) is 41.5 Å². The Morgan fingerprint density at radius 2 is 2.03 bits per heavy atom. The van der Waals surface area contributed by atoms with Gasteiger partial charge >= 0.3 is 10.2 Å². The first-order valence-corrected chi connectivity index (χ1v) is 12.5. The predicted octanol–water partition coefficient (Wildman–Crippen LogP) is 0.729. The standard InChI is InChI=1S/C19H25F2N5O5S2/c1-12(15(28)10-27)31-17-9-16(25-33(29,30)26-7-5-22-6-8-26)23-19(24-17)32-11-13-3-2-4-14(20)18(13)21/h2-4,9,12,15,22,27-28H,5-8,10-11H2,1H3,(H,23,24,25)/t12-,15+/m1/s1. The maximum atomic E-state index is 14.0. The van der Waals surface area contributed by atoms with Gasteiger partial charge in [0.25, 0.3) is 0 Å². The number of ether oxygens (including phenoxy) is 1. The van der Waals surface area contributed by atoms with Gasteiger partial charge in [-0.15, -0.1) is 0 Å². The van der Waals surface area contributed by atoms with E-state index in [1.807, 2.05) is 0 Å². The average molecular weight is 506 g/mol. The monoisotopic (exact) mass is 505 g/mol. The summed E-state index contributed by atoms with van der Waals surface area (Å²) in [5.74, 6) is -2.15. The van der Waals surface area contributed by atoms with E-state index in [9.17, 15) is 22.3 Å². The number of rotatable bonds is 10. The highest BCUT2D eigenvalue weighted by atomic mass is 32.2. The molecule has 33 heavy (non-hydrogen) atoms. The van der Waals surface area contributed by atoms with E-state index >= 15 is 0 Å². The summed E-state index contributed by atoms with van der Waals surface area (Å²) >= 11 is 0.948. The van der Waals surface area contributed by atoms with Crippen LogP contribution in [0.25, 0.3) is 0 Å². The number of hydrogen-bond acceptors (Lipinski definition) is 9. The molecule has 0 amide bonds. The van der Waals surface area contributed by atoms with Crippen molar-refractivity contribution < 1.29 is 32.1 Å². The zero-order valence-electron chi connectivity index (χ0n) is 17.7. The van der Waals surface area contributed by atoms with E-state index in [4.69, 9.17) is 9.84 Å². The second-order valence-corrected chi connectivity index (χ2v) is 9.82. The van der Waals surface area contributed by atoms with Gasteiger partial charge < -0.3 is 20.3 Å². The van der Waals surface area contributed by atoms with Gasteiger partial charge in [0.2, 0.25) is 5.88 Å². The molecule has 0 bridgehead atoms. The molecular formula is C19H25F2N5O5S2. The number of aliphatic hydroxyl groups excluding tert-OH is 2. The normalized spacial score (nSPS) is 16.9. The number of nitrogens with one attached hydrogen (secondary N) is 2. The highest BCUT2D eigenvalue weighted by Crippen LogP contribution is 2.27. The predicted molar refractivity (Wildman–Crippen MR) is 118 cm³/mol. The summed E-state index contributed by atoms with van der Waals surface area (Å²) in [6, 6.07) is 5.04. The molecule has 0 aliphatic carbocycles. The van der Waals surface area contributed by atoms with E-state index < -0.39 is 40.7 Å². The zero-order valence-corrected chi connectivity index (χ0v) is 19.4. The van der Waals surface area contributed by atoms with Gasteiger partial charge in [-0.2, -0.15) is 17.7 Å². The van der Waals surface area contributed by atoms with Gasteiger partial charge in [0.05, 0.1) is 6.61 Å². The van der Waals surface area contributed by atoms with Crippen LogP contribution in [0.5, 0.6) is 5.88 Å². The molecule has 1 aliphatic heterocycles. The summed E-state index contributed by atoms with van der Waals surface area (Å²) < 4.78 is 62.1. The summed E-state index contributed by atoms with van der Waals surface area (Å²) in [4.78, 5) is 8.33. The molecule has 0 spiro atoms. The maximum absolute atomic E-state index is 14.0. The van der Waals surface area contributed by atoms with E-state index in [1.54, 1.807) is 0 Å². The number of piperazine rings is 1. The fraction of sp³-hybridized carbons (Fsp3) is 0.474. The smallest absolute Gasteiger partial charge is 0.302 e. The first-order valence-electron chi connectivity index (χ1n) is 10.1. The van der Waals surface area contributed by atoms with E-state index in [-0.39, 0.29) is 41.3 Å². The van der Waals surface area contributed by atoms with Crippen molar-refractivity contribution in [3.8, 4) is 5.88 Å². The Labute approximate surface area is 194 Å². The third kappa shape index (κ3) is 6.94. The minimum absolute atomic E-state index is 0.0220. The third-order valence-electron chi connectivity index (χ3n) is 4.76. The molecule has 1 aliphatic rings. The van der Waals surface area contributed by atoms with Gasteiger partial charge in [0.1, 0.15) is 18.0 Å². The topological polar surface area (TPSA) is 137 Å². The molecule has 0 saturated carbocycles. The number of aromatic nitrogens is 2. The van der Waals surface area contributed by atoms with E-state index in [2.05, 4.69) is 20.0 Å². The van der Waals surface area contributed by atoms with Crippen LogP contribution >= 0.6 is 11.8 Å². The molecular weight excluding hydrogens is 480 g/mol. The molecule has 3 rings (SSSR count). The average Bonchev–Trinajstić information content (AvgIpc) is 2.79. The molecule has 1 aromatic carbocycles. The van der Waals surface area contributed by atoms with E-state index in [0.717, 1.165) is 17.8 Å². The summed E-state index contributed by atoms with van der Waals surface area (Å²) in [5, 5.41) is 22.0. The Balaban J connectivity index is 1.84. The first kappa shape index (κ1) is 25.5. The second kappa shape index (κ2) is 11.4. The number of halogens is 2. The molecule has 1 aromatic heterocycles. The molecule has 182 valence electrons. The van der Waals surface area contributed by atoms with E-state index in [0.29, 0.717) is 13.1 Å². The van der Waals surface area contributed by atoms with Gasteiger partial charge in [-0.25, -0.2) is 13.8 Å². The largest absolute Gasteiger partial charge is 0.472 e. The molecule has 4 N–H and O–H groups in total. The van der Waals surface area contributed by atoms with Crippen LogP contribution in [0.4, 0.5) is 14.6 Å². The molecule has 1 fully saturated rings. The van der Waals surface area contributed by atoms with Crippen molar-refractivity contribution in [1.82, 2.24) is 19.6 Å². The number of hydrogen-bond donors (Lipinski definition) is 4. The lowest BCUT2D eigenvalue weighted by Gasteiger charge is -2.26. The summed E-state index contributed by atoms with van der Waals surface area (Å²) in [6.07, 6.45) is -2.06. The van der Waals surface area contributed by atoms with Crippen LogP contribution in [0.3, 0.4) is 0 Å². The van der Waals surface area contributed by atoms with Crippen molar-refractivity contribution >= 4 is 27.8 Å². The van der Waals surface area contributed by atoms with Crippen molar-refractivity contribution in [2.45, 2.75) is 30.0 Å². The Morgan fingerprint density at radius 1 is 1.30 bits per heavy atom. The number of anilines is 1. The van der Waals surface area contributed by atoms with Gasteiger partial charge in [0.15, 0.2) is 16.8 Å². The van der Waals surface area contributed by atoms with Gasteiger partial charge in [0, 0.05) is 43.6 Å². The van der Waals surface area contributed by atoms with E-state index in [1.165, 1.54) is 29.4 Å². The number of thioether (sulfide) groups is 1. The zero-order chi connectivity index (χ0) is 24.0. The fourth-order valence-electron chi connectivity index (χ4n) is 2.88. The summed E-state index contributed by atoms with van der Waals surface area (Å²) in [6.45, 7) is 2.54. The second-order valence-electron chi connectivity index (χ2n) is 7.20. The highest BCUT2D eigenvalue weighted by Gasteiger charge is 2.25. The molecule has 14 heteroatoms. The third-order valence-corrected chi connectivity index (χ3v) is 7.16. The van der Waals surface area contributed by atoms with Crippen LogP contribution in [0.1, 0.15) is 12.5 Å². The lowest BCUT2D eigenvalue weighted by molar-refractivity contribution is 0.00599. The summed E-state index contributed by atoms with van der Waals surface area (Å²) in [7, 11) is -3.91.